The van der Waals surface area contributed by atoms with E-state index in [1.165, 1.54) is 11.1 Å². The average Bonchev–Trinajstić information content (AvgIpc) is 3.11. The number of aromatic nitrogens is 5. The lowest BCUT2D eigenvalue weighted by Gasteiger charge is -2.05. The minimum absolute atomic E-state index is 0.408. The van der Waals surface area contributed by atoms with Crippen molar-refractivity contribution < 1.29 is 0 Å². The molecule has 0 saturated heterocycles. The van der Waals surface area contributed by atoms with E-state index in [1.807, 2.05) is 29.4 Å². The number of rotatable bonds is 3. The number of H-pyrrole nitrogens is 1. The Labute approximate surface area is 140 Å². The van der Waals surface area contributed by atoms with E-state index in [-0.39, 0.29) is 0 Å². The summed E-state index contributed by atoms with van der Waals surface area (Å²) in [5.74, 6) is 1.94. The first-order valence-corrected chi connectivity index (χ1v) is 8.20. The predicted molar refractivity (Wildman–Crippen MR) is 91.5 cm³/mol. The van der Waals surface area contributed by atoms with Crippen LogP contribution >= 0.6 is 12.2 Å². The third-order valence-electron chi connectivity index (χ3n) is 4.55. The third kappa shape index (κ3) is 2.43. The standard InChI is InChI=1S/C17H19N5S/c1-10-4-6-12(7-5-10)13-8-14(13)16-18-19-17(23)22(16)15-9-21(3)20-11(15)2/h4-7,9,13-14H,8H2,1-3H3,(H,19,23)/t13-,14-/m0/s1. The van der Waals surface area contributed by atoms with Crippen molar-refractivity contribution in [3.8, 4) is 5.69 Å². The first-order chi connectivity index (χ1) is 11.0. The number of aryl methyl sites for hydroxylation is 3. The predicted octanol–water partition coefficient (Wildman–Crippen LogP) is 3.55. The molecule has 3 aromatic rings. The second-order valence-electron chi connectivity index (χ2n) is 6.36. The van der Waals surface area contributed by atoms with Gasteiger partial charge in [-0.1, -0.05) is 29.8 Å². The molecule has 1 saturated carbocycles. The molecule has 2 heterocycles. The fourth-order valence-corrected chi connectivity index (χ4v) is 3.50. The molecule has 1 fully saturated rings. The zero-order chi connectivity index (χ0) is 16.1. The second-order valence-corrected chi connectivity index (χ2v) is 6.74. The third-order valence-corrected chi connectivity index (χ3v) is 4.83. The Hall–Kier alpha value is -2.21. The van der Waals surface area contributed by atoms with Gasteiger partial charge in [0.25, 0.3) is 0 Å². The quantitative estimate of drug-likeness (QED) is 0.749. The number of aromatic amines is 1. The number of hydrogen-bond acceptors (Lipinski definition) is 3. The Kier molecular flexibility index (Phi) is 3.23. The van der Waals surface area contributed by atoms with Gasteiger partial charge in [-0.3, -0.25) is 14.3 Å². The van der Waals surface area contributed by atoms with Crippen LogP contribution in [0.3, 0.4) is 0 Å². The lowest BCUT2D eigenvalue weighted by Crippen LogP contribution is -2.01. The largest absolute Gasteiger partial charge is 0.273 e. The van der Waals surface area contributed by atoms with Crippen LogP contribution in [-0.2, 0) is 7.05 Å². The smallest absolute Gasteiger partial charge is 0.199 e. The molecule has 6 heteroatoms. The van der Waals surface area contributed by atoms with Crippen molar-refractivity contribution in [1.82, 2.24) is 24.5 Å². The molecular formula is C17H19N5S. The van der Waals surface area contributed by atoms with Gasteiger partial charge < -0.3 is 0 Å². The molecule has 0 unspecified atom stereocenters. The molecule has 1 aliphatic rings. The topological polar surface area (TPSA) is 51.4 Å². The highest BCUT2D eigenvalue weighted by molar-refractivity contribution is 7.71. The summed E-state index contributed by atoms with van der Waals surface area (Å²) in [6.45, 7) is 4.11. The molecule has 0 bridgehead atoms. The SMILES string of the molecule is Cc1ccc([C@@H]2C[C@@H]2c2n[nH]c(=S)n2-c2cn(C)nc2C)cc1. The van der Waals surface area contributed by atoms with Crippen LogP contribution in [0.15, 0.2) is 30.5 Å². The molecule has 2 atom stereocenters. The summed E-state index contributed by atoms with van der Waals surface area (Å²) in [4.78, 5) is 0. The molecule has 118 valence electrons. The molecule has 1 N–H and O–H groups in total. The van der Waals surface area contributed by atoms with E-state index in [2.05, 4.69) is 46.5 Å². The van der Waals surface area contributed by atoms with Crippen LogP contribution in [0.5, 0.6) is 0 Å². The van der Waals surface area contributed by atoms with Crippen LogP contribution < -0.4 is 0 Å². The molecule has 1 aromatic carbocycles. The normalized spacial score (nSPS) is 20.0. The Balaban J connectivity index is 1.71. The van der Waals surface area contributed by atoms with Gasteiger partial charge in [0.05, 0.1) is 11.4 Å². The van der Waals surface area contributed by atoms with Crippen molar-refractivity contribution in [1.29, 1.82) is 0 Å². The van der Waals surface area contributed by atoms with Gasteiger partial charge in [-0.2, -0.15) is 10.2 Å². The molecule has 5 nitrogen and oxygen atoms in total. The molecule has 4 rings (SSSR count). The molecule has 0 amide bonds. The van der Waals surface area contributed by atoms with Gasteiger partial charge in [-0.05, 0) is 44.0 Å². The number of benzene rings is 1. The maximum atomic E-state index is 5.45. The van der Waals surface area contributed by atoms with Crippen molar-refractivity contribution in [3.63, 3.8) is 0 Å². The summed E-state index contributed by atoms with van der Waals surface area (Å²) in [5.41, 5.74) is 4.64. The van der Waals surface area contributed by atoms with E-state index in [0.29, 0.717) is 16.6 Å². The minimum atomic E-state index is 0.408. The van der Waals surface area contributed by atoms with Crippen LogP contribution in [0.1, 0.15) is 40.9 Å². The molecule has 1 aliphatic carbocycles. The van der Waals surface area contributed by atoms with Gasteiger partial charge in [0.2, 0.25) is 0 Å². The van der Waals surface area contributed by atoms with Crippen LogP contribution in [0.25, 0.3) is 5.69 Å². The van der Waals surface area contributed by atoms with Crippen LogP contribution in [-0.4, -0.2) is 24.5 Å². The zero-order valence-corrected chi connectivity index (χ0v) is 14.3. The van der Waals surface area contributed by atoms with Gasteiger partial charge in [-0.25, -0.2) is 0 Å². The summed E-state index contributed by atoms with van der Waals surface area (Å²) < 4.78 is 4.48. The molecular weight excluding hydrogens is 306 g/mol. The molecule has 0 radical (unpaired) electrons. The van der Waals surface area contributed by atoms with Gasteiger partial charge in [0.15, 0.2) is 4.77 Å². The van der Waals surface area contributed by atoms with E-state index in [1.54, 1.807) is 0 Å². The molecule has 0 aliphatic heterocycles. The minimum Gasteiger partial charge on any atom is -0.273 e. The first-order valence-electron chi connectivity index (χ1n) is 7.79. The lowest BCUT2D eigenvalue weighted by molar-refractivity contribution is 0.756. The molecule has 0 spiro atoms. The Bertz CT molecular complexity index is 915. The monoisotopic (exact) mass is 325 g/mol. The summed E-state index contributed by atoms with van der Waals surface area (Å²) >= 11 is 5.45. The van der Waals surface area contributed by atoms with E-state index in [4.69, 9.17) is 12.2 Å². The molecule has 23 heavy (non-hydrogen) atoms. The van der Waals surface area contributed by atoms with E-state index >= 15 is 0 Å². The van der Waals surface area contributed by atoms with Crippen LogP contribution in [0.2, 0.25) is 0 Å². The van der Waals surface area contributed by atoms with Gasteiger partial charge in [0.1, 0.15) is 5.82 Å². The van der Waals surface area contributed by atoms with Crippen molar-refractivity contribution in [3.05, 3.63) is 57.9 Å². The van der Waals surface area contributed by atoms with Gasteiger partial charge >= 0.3 is 0 Å². The van der Waals surface area contributed by atoms with E-state index < -0.39 is 0 Å². The zero-order valence-electron chi connectivity index (χ0n) is 13.4. The van der Waals surface area contributed by atoms with Gasteiger partial charge in [0, 0.05) is 19.2 Å². The summed E-state index contributed by atoms with van der Waals surface area (Å²) in [6, 6.07) is 8.79. The summed E-state index contributed by atoms with van der Waals surface area (Å²) in [7, 11) is 1.92. The fourth-order valence-electron chi connectivity index (χ4n) is 3.26. The lowest BCUT2D eigenvalue weighted by atomic mass is 10.1. The number of hydrogen-bond donors (Lipinski definition) is 1. The highest BCUT2D eigenvalue weighted by Crippen LogP contribution is 2.54. The summed E-state index contributed by atoms with van der Waals surface area (Å²) in [6.07, 6.45) is 3.11. The second kappa shape index (κ2) is 5.16. The Morgan fingerprint density at radius 1 is 1.17 bits per heavy atom. The van der Waals surface area contributed by atoms with Gasteiger partial charge in [-0.15, -0.1) is 0 Å². The van der Waals surface area contributed by atoms with Crippen LogP contribution in [0, 0.1) is 18.6 Å². The van der Waals surface area contributed by atoms with Crippen molar-refractivity contribution in [2.45, 2.75) is 32.1 Å². The Morgan fingerprint density at radius 2 is 1.91 bits per heavy atom. The summed E-state index contributed by atoms with van der Waals surface area (Å²) in [5, 5.41) is 11.9. The van der Waals surface area contributed by atoms with E-state index in [0.717, 1.165) is 23.6 Å². The first kappa shape index (κ1) is 14.4. The number of nitrogens with one attached hydrogen (secondary N) is 1. The van der Waals surface area contributed by atoms with E-state index in [9.17, 15) is 0 Å². The number of nitrogens with zero attached hydrogens (tertiary/aromatic N) is 4. The fraction of sp³-hybridized carbons (Fsp3) is 0.353. The Morgan fingerprint density at radius 3 is 2.57 bits per heavy atom. The highest BCUT2D eigenvalue weighted by Gasteiger charge is 2.43. The average molecular weight is 325 g/mol. The maximum absolute atomic E-state index is 5.45. The maximum Gasteiger partial charge on any atom is 0.199 e. The van der Waals surface area contributed by atoms with Crippen molar-refractivity contribution in [2.24, 2.45) is 7.05 Å². The van der Waals surface area contributed by atoms with Crippen molar-refractivity contribution >= 4 is 12.2 Å². The van der Waals surface area contributed by atoms with Crippen LogP contribution in [0.4, 0.5) is 0 Å². The highest BCUT2D eigenvalue weighted by atomic mass is 32.1. The molecule has 2 aromatic heterocycles. The van der Waals surface area contributed by atoms with Crippen molar-refractivity contribution in [2.75, 3.05) is 0 Å².